The van der Waals surface area contributed by atoms with Crippen LogP contribution in [0.15, 0.2) is 18.2 Å². The molecule has 4 heteroatoms. The third-order valence-electron chi connectivity index (χ3n) is 1.83. The average molecular weight is 208 g/mol. The Labute approximate surface area is 89.6 Å². The van der Waals surface area contributed by atoms with E-state index in [-0.39, 0.29) is 12.5 Å². The number of carbonyl (C=O) groups is 1. The molecule has 0 saturated carbocycles. The zero-order chi connectivity index (χ0) is 11.3. The first-order valence-electron chi connectivity index (χ1n) is 4.78. The number of ether oxygens (including phenoxy) is 1. The van der Waals surface area contributed by atoms with E-state index in [1.54, 1.807) is 7.05 Å². The Morgan fingerprint density at radius 1 is 1.27 bits per heavy atom. The van der Waals surface area contributed by atoms with Crippen molar-refractivity contribution in [2.24, 2.45) is 0 Å². The number of carbonyl (C=O) groups excluding carboxylic acids is 1. The van der Waals surface area contributed by atoms with Gasteiger partial charge in [-0.1, -0.05) is 6.07 Å². The molecular weight excluding hydrogens is 192 g/mol. The predicted octanol–water partition coefficient (Wildman–Crippen LogP) is 0.933. The van der Waals surface area contributed by atoms with E-state index in [0.717, 1.165) is 16.9 Å². The summed E-state index contributed by atoms with van der Waals surface area (Å²) in [6.07, 6.45) is 0. The van der Waals surface area contributed by atoms with E-state index in [1.807, 2.05) is 26.0 Å². The highest BCUT2D eigenvalue weighted by molar-refractivity contribution is 5.76. The molecule has 0 spiro atoms. The van der Waals surface area contributed by atoms with Crippen LogP contribution in [0.1, 0.15) is 11.1 Å². The molecule has 0 unspecified atom stereocenters. The minimum atomic E-state index is -0.198. The van der Waals surface area contributed by atoms with E-state index in [9.17, 15) is 4.79 Å². The van der Waals surface area contributed by atoms with E-state index in [0.29, 0.717) is 0 Å². The maximum absolute atomic E-state index is 11.1. The van der Waals surface area contributed by atoms with Crippen LogP contribution in [-0.4, -0.2) is 19.6 Å². The van der Waals surface area contributed by atoms with Crippen molar-refractivity contribution < 1.29 is 9.53 Å². The highest BCUT2D eigenvalue weighted by Crippen LogP contribution is 2.15. The summed E-state index contributed by atoms with van der Waals surface area (Å²) in [4.78, 5) is 11.1. The summed E-state index contributed by atoms with van der Waals surface area (Å²) in [5, 5.41) is 0. The number of nitrogens with one attached hydrogen (secondary N) is 2. The smallest absolute Gasteiger partial charge is 0.271 e. The second-order valence-electron chi connectivity index (χ2n) is 3.41. The molecule has 1 rings (SSSR count). The quantitative estimate of drug-likeness (QED) is 0.724. The van der Waals surface area contributed by atoms with Crippen molar-refractivity contribution in [3.8, 4) is 5.75 Å². The van der Waals surface area contributed by atoms with Gasteiger partial charge >= 0.3 is 0 Å². The number of rotatable bonds is 4. The zero-order valence-electron chi connectivity index (χ0n) is 9.26. The predicted molar refractivity (Wildman–Crippen MR) is 58.6 cm³/mol. The van der Waals surface area contributed by atoms with E-state index < -0.39 is 0 Å². The fraction of sp³-hybridized carbons (Fsp3) is 0.364. The summed E-state index contributed by atoms with van der Waals surface area (Å²) < 4.78 is 5.33. The number of benzene rings is 1. The van der Waals surface area contributed by atoms with Crippen LogP contribution in [0.4, 0.5) is 0 Å². The van der Waals surface area contributed by atoms with Crippen molar-refractivity contribution in [2.75, 3.05) is 13.7 Å². The molecule has 1 aromatic rings. The molecule has 0 heterocycles. The molecule has 0 aromatic heterocycles. The van der Waals surface area contributed by atoms with E-state index >= 15 is 0 Å². The summed E-state index contributed by atoms with van der Waals surface area (Å²) in [5.74, 6) is 0.524. The number of hydrazine groups is 1. The minimum Gasteiger partial charge on any atom is -0.484 e. The molecule has 0 radical (unpaired) electrons. The van der Waals surface area contributed by atoms with Gasteiger partial charge in [-0.25, -0.2) is 5.43 Å². The summed E-state index contributed by atoms with van der Waals surface area (Å²) in [6.45, 7) is 4.00. The summed E-state index contributed by atoms with van der Waals surface area (Å²) in [7, 11) is 1.63. The lowest BCUT2D eigenvalue weighted by molar-refractivity contribution is -0.123. The van der Waals surface area contributed by atoms with E-state index in [2.05, 4.69) is 16.9 Å². The van der Waals surface area contributed by atoms with Crippen molar-refractivity contribution in [3.63, 3.8) is 0 Å². The summed E-state index contributed by atoms with van der Waals surface area (Å²) in [5.41, 5.74) is 7.23. The Hall–Kier alpha value is -1.55. The molecule has 1 amide bonds. The lowest BCUT2D eigenvalue weighted by Crippen LogP contribution is -2.37. The molecule has 0 fully saturated rings. The Kier molecular flexibility index (Phi) is 4.12. The van der Waals surface area contributed by atoms with Gasteiger partial charge in [-0.2, -0.15) is 0 Å². The molecule has 0 aliphatic carbocycles. The van der Waals surface area contributed by atoms with Gasteiger partial charge in [0.05, 0.1) is 0 Å². The van der Waals surface area contributed by atoms with Crippen LogP contribution in [-0.2, 0) is 4.79 Å². The monoisotopic (exact) mass is 208 g/mol. The minimum absolute atomic E-state index is 0.0176. The van der Waals surface area contributed by atoms with Gasteiger partial charge in [0.25, 0.3) is 5.91 Å². The number of aryl methyl sites for hydroxylation is 2. The molecule has 15 heavy (non-hydrogen) atoms. The van der Waals surface area contributed by atoms with Crippen LogP contribution in [0.5, 0.6) is 5.75 Å². The molecule has 82 valence electrons. The Morgan fingerprint density at radius 2 is 1.87 bits per heavy atom. The third-order valence-corrected chi connectivity index (χ3v) is 1.83. The van der Waals surface area contributed by atoms with Crippen LogP contribution in [0.25, 0.3) is 0 Å². The molecule has 2 N–H and O–H groups in total. The second kappa shape index (κ2) is 5.36. The van der Waals surface area contributed by atoms with Gasteiger partial charge < -0.3 is 4.74 Å². The fourth-order valence-corrected chi connectivity index (χ4v) is 1.34. The number of hydrogen-bond donors (Lipinski definition) is 2. The highest BCUT2D eigenvalue weighted by atomic mass is 16.5. The van der Waals surface area contributed by atoms with E-state index in [1.165, 1.54) is 0 Å². The third kappa shape index (κ3) is 3.99. The standard InChI is InChI=1S/C11H16N2O2/c1-8-4-9(2)6-10(5-8)15-7-11(14)13-12-3/h4-6,12H,7H2,1-3H3,(H,13,14). The van der Waals surface area contributed by atoms with Crippen LogP contribution < -0.4 is 15.6 Å². The summed E-state index contributed by atoms with van der Waals surface area (Å²) >= 11 is 0. The molecule has 1 aromatic carbocycles. The average Bonchev–Trinajstić information content (AvgIpc) is 2.14. The molecule has 4 nitrogen and oxygen atoms in total. The topological polar surface area (TPSA) is 50.4 Å². The summed E-state index contributed by atoms with van der Waals surface area (Å²) in [6, 6.07) is 5.86. The van der Waals surface area contributed by atoms with Crippen LogP contribution in [0.2, 0.25) is 0 Å². The maximum atomic E-state index is 11.1. The fourth-order valence-electron chi connectivity index (χ4n) is 1.34. The SMILES string of the molecule is CNNC(=O)COc1cc(C)cc(C)c1. The normalized spacial score (nSPS) is 9.80. The Morgan fingerprint density at radius 3 is 2.40 bits per heavy atom. The van der Waals surface area contributed by atoms with Crippen molar-refractivity contribution in [1.29, 1.82) is 0 Å². The van der Waals surface area contributed by atoms with Crippen molar-refractivity contribution in [1.82, 2.24) is 10.9 Å². The highest BCUT2D eigenvalue weighted by Gasteiger charge is 2.01. The van der Waals surface area contributed by atoms with Gasteiger partial charge in [-0.05, 0) is 37.1 Å². The first kappa shape index (κ1) is 11.5. The Balaban J connectivity index is 2.54. The van der Waals surface area contributed by atoms with Crippen molar-refractivity contribution in [3.05, 3.63) is 29.3 Å². The first-order valence-corrected chi connectivity index (χ1v) is 4.78. The van der Waals surface area contributed by atoms with Gasteiger partial charge in [0, 0.05) is 7.05 Å². The first-order chi connectivity index (χ1) is 7.11. The van der Waals surface area contributed by atoms with Crippen LogP contribution in [0, 0.1) is 13.8 Å². The van der Waals surface area contributed by atoms with Crippen molar-refractivity contribution >= 4 is 5.91 Å². The molecule has 0 aliphatic heterocycles. The molecular formula is C11H16N2O2. The van der Waals surface area contributed by atoms with E-state index in [4.69, 9.17) is 4.74 Å². The lowest BCUT2D eigenvalue weighted by Gasteiger charge is -2.08. The molecule has 0 saturated heterocycles. The molecule has 0 atom stereocenters. The molecule has 0 aliphatic rings. The number of amides is 1. The number of hydrogen-bond acceptors (Lipinski definition) is 3. The van der Waals surface area contributed by atoms with Gasteiger partial charge in [0.1, 0.15) is 5.75 Å². The van der Waals surface area contributed by atoms with Gasteiger partial charge in [-0.15, -0.1) is 0 Å². The second-order valence-corrected chi connectivity index (χ2v) is 3.41. The maximum Gasteiger partial charge on any atom is 0.271 e. The largest absolute Gasteiger partial charge is 0.484 e. The van der Waals surface area contributed by atoms with Crippen molar-refractivity contribution in [2.45, 2.75) is 13.8 Å². The van der Waals surface area contributed by atoms with Gasteiger partial charge in [0.15, 0.2) is 6.61 Å². The van der Waals surface area contributed by atoms with Gasteiger partial charge in [0.2, 0.25) is 0 Å². The zero-order valence-corrected chi connectivity index (χ0v) is 9.26. The van der Waals surface area contributed by atoms with Gasteiger partial charge in [-0.3, -0.25) is 10.2 Å². The Bertz CT molecular complexity index is 330. The van der Waals surface area contributed by atoms with Crippen LogP contribution >= 0.6 is 0 Å². The van der Waals surface area contributed by atoms with Crippen LogP contribution in [0.3, 0.4) is 0 Å². The molecule has 0 bridgehead atoms. The lowest BCUT2D eigenvalue weighted by atomic mass is 10.1.